The predicted molar refractivity (Wildman–Crippen MR) is 121 cm³/mol. The van der Waals surface area contributed by atoms with Crippen LogP contribution in [0.2, 0.25) is 0 Å². The Hall–Kier alpha value is -4.18. The van der Waals surface area contributed by atoms with Crippen molar-refractivity contribution >= 4 is 27.5 Å². The second kappa shape index (κ2) is 9.46. The van der Waals surface area contributed by atoms with Gasteiger partial charge in [-0.15, -0.1) is 0 Å². The van der Waals surface area contributed by atoms with Gasteiger partial charge in [-0.2, -0.15) is 26.9 Å². The van der Waals surface area contributed by atoms with E-state index in [1.807, 2.05) is 0 Å². The smallest absolute Gasteiger partial charge is 0.354 e. The van der Waals surface area contributed by atoms with Crippen molar-refractivity contribution in [1.29, 1.82) is 5.26 Å². The Bertz CT molecular complexity index is 1460. The van der Waals surface area contributed by atoms with Crippen LogP contribution in [0.5, 0.6) is 5.88 Å². The zero-order chi connectivity index (χ0) is 26.1. The highest BCUT2D eigenvalue weighted by Gasteiger charge is 2.49. The lowest BCUT2D eigenvalue weighted by Gasteiger charge is -2.14. The number of amides is 2. The Kier molecular flexibility index (Phi) is 6.55. The van der Waals surface area contributed by atoms with Gasteiger partial charge in [0.2, 0.25) is 0 Å². The highest BCUT2D eigenvalue weighted by Crippen LogP contribution is 2.43. The SMILES string of the molecule is N#Cc1c(-c2ccc(NC(=O)Nc3ccccc3F)cc2)cc(C2CC2)nc1OS(=O)(=O)C(F)(F)F. The Morgan fingerprint density at radius 2 is 1.75 bits per heavy atom. The number of rotatable bonds is 6. The first-order valence-corrected chi connectivity index (χ1v) is 11.8. The quantitative estimate of drug-likeness (QED) is 0.251. The number of urea groups is 1. The summed E-state index contributed by atoms with van der Waals surface area (Å²) in [6.45, 7) is 0. The van der Waals surface area contributed by atoms with E-state index in [4.69, 9.17) is 0 Å². The van der Waals surface area contributed by atoms with E-state index in [1.54, 1.807) is 12.1 Å². The van der Waals surface area contributed by atoms with Crippen molar-refractivity contribution in [1.82, 2.24) is 4.98 Å². The fourth-order valence-corrected chi connectivity index (χ4v) is 3.68. The van der Waals surface area contributed by atoms with Crippen molar-refractivity contribution in [3.05, 3.63) is 71.7 Å². The van der Waals surface area contributed by atoms with Gasteiger partial charge in [-0.05, 0) is 48.7 Å². The summed E-state index contributed by atoms with van der Waals surface area (Å²) in [5.74, 6) is -1.68. The average Bonchev–Trinajstić information content (AvgIpc) is 3.65. The maximum atomic E-state index is 13.7. The van der Waals surface area contributed by atoms with E-state index in [0.717, 1.165) is 0 Å². The molecule has 186 valence electrons. The summed E-state index contributed by atoms with van der Waals surface area (Å²) >= 11 is 0. The third kappa shape index (κ3) is 5.38. The molecule has 2 aromatic carbocycles. The number of nitrogens with one attached hydrogen (secondary N) is 2. The fraction of sp³-hybridized carbons (Fsp3) is 0.174. The molecule has 0 radical (unpaired) electrons. The number of halogens is 4. The number of nitrogens with zero attached hydrogens (tertiary/aromatic N) is 2. The van der Waals surface area contributed by atoms with Crippen molar-refractivity contribution in [3.8, 4) is 23.1 Å². The van der Waals surface area contributed by atoms with Crippen LogP contribution >= 0.6 is 0 Å². The van der Waals surface area contributed by atoms with Gasteiger partial charge in [0.15, 0.2) is 0 Å². The molecule has 13 heteroatoms. The van der Waals surface area contributed by atoms with Gasteiger partial charge in [0, 0.05) is 22.9 Å². The second-order valence-corrected chi connectivity index (χ2v) is 9.32. The van der Waals surface area contributed by atoms with Crippen LogP contribution in [-0.4, -0.2) is 24.9 Å². The van der Waals surface area contributed by atoms with E-state index in [0.29, 0.717) is 29.8 Å². The molecular weight excluding hydrogens is 504 g/mol. The molecular formula is C23H16F4N4O4S. The van der Waals surface area contributed by atoms with Crippen molar-refractivity contribution in [3.63, 3.8) is 0 Å². The van der Waals surface area contributed by atoms with Crippen LogP contribution in [0.1, 0.15) is 30.0 Å². The number of carbonyl (C=O) groups excluding carboxylic acids is 1. The first kappa shape index (κ1) is 24.9. The Morgan fingerprint density at radius 1 is 1.08 bits per heavy atom. The Morgan fingerprint density at radius 3 is 2.33 bits per heavy atom. The highest BCUT2D eigenvalue weighted by molar-refractivity contribution is 7.88. The minimum Gasteiger partial charge on any atom is -0.354 e. The van der Waals surface area contributed by atoms with Gasteiger partial charge in [-0.25, -0.2) is 14.2 Å². The van der Waals surface area contributed by atoms with Crippen LogP contribution < -0.4 is 14.8 Å². The van der Waals surface area contributed by atoms with Crippen LogP contribution in [0.25, 0.3) is 11.1 Å². The molecule has 3 aromatic rings. The number of anilines is 2. The normalized spacial score (nSPS) is 13.5. The molecule has 1 saturated carbocycles. The number of alkyl halides is 3. The van der Waals surface area contributed by atoms with E-state index in [2.05, 4.69) is 19.8 Å². The predicted octanol–water partition coefficient (Wildman–Crippen LogP) is 5.51. The fourth-order valence-electron chi connectivity index (χ4n) is 3.26. The summed E-state index contributed by atoms with van der Waals surface area (Å²) in [6, 6.07) is 13.8. The number of benzene rings is 2. The zero-order valence-electron chi connectivity index (χ0n) is 18.1. The summed E-state index contributed by atoms with van der Waals surface area (Å²) in [4.78, 5) is 16.0. The van der Waals surface area contributed by atoms with E-state index >= 15 is 0 Å². The summed E-state index contributed by atoms with van der Waals surface area (Å²) in [7, 11) is -6.05. The molecule has 2 N–H and O–H groups in total. The van der Waals surface area contributed by atoms with Crippen LogP contribution in [0.4, 0.5) is 33.7 Å². The van der Waals surface area contributed by atoms with Crippen LogP contribution in [-0.2, 0) is 10.1 Å². The van der Waals surface area contributed by atoms with Gasteiger partial charge < -0.3 is 14.8 Å². The molecule has 8 nitrogen and oxygen atoms in total. The third-order valence-corrected chi connectivity index (χ3v) is 6.11. The lowest BCUT2D eigenvalue weighted by molar-refractivity contribution is -0.0501. The highest BCUT2D eigenvalue weighted by atomic mass is 32.2. The second-order valence-electron chi connectivity index (χ2n) is 7.78. The van der Waals surface area contributed by atoms with Crippen LogP contribution in [0.15, 0.2) is 54.6 Å². The molecule has 0 bridgehead atoms. The molecule has 0 unspecified atom stereocenters. The molecule has 36 heavy (non-hydrogen) atoms. The first-order chi connectivity index (χ1) is 17.0. The molecule has 1 fully saturated rings. The van der Waals surface area contributed by atoms with E-state index in [1.165, 1.54) is 48.5 Å². The van der Waals surface area contributed by atoms with Gasteiger partial charge in [0.05, 0.1) is 5.69 Å². The molecule has 0 saturated heterocycles. The topological polar surface area (TPSA) is 121 Å². The third-order valence-electron chi connectivity index (χ3n) is 5.16. The van der Waals surface area contributed by atoms with Gasteiger partial charge in [0.25, 0.3) is 5.88 Å². The molecule has 0 spiro atoms. The van der Waals surface area contributed by atoms with Gasteiger partial charge in [-0.3, -0.25) is 0 Å². The monoisotopic (exact) mass is 520 g/mol. The number of hydrogen-bond donors (Lipinski definition) is 2. The summed E-state index contributed by atoms with van der Waals surface area (Å²) < 4.78 is 79.7. The van der Waals surface area contributed by atoms with E-state index in [9.17, 15) is 36.0 Å². The number of carbonyl (C=O) groups is 1. The molecule has 4 rings (SSSR count). The minimum absolute atomic E-state index is 0.0315. The maximum Gasteiger partial charge on any atom is 0.534 e. The zero-order valence-corrected chi connectivity index (χ0v) is 19.0. The Labute approximate surface area is 202 Å². The number of nitriles is 1. The van der Waals surface area contributed by atoms with E-state index < -0.39 is 38.9 Å². The molecule has 1 aliphatic rings. The molecule has 0 atom stereocenters. The largest absolute Gasteiger partial charge is 0.534 e. The first-order valence-electron chi connectivity index (χ1n) is 10.4. The van der Waals surface area contributed by atoms with Crippen LogP contribution in [0.3, 0.4) is 0 Å². The van der Waals surface area contributed by atoms with E-state index in [-0.39, 0.29) is 17.2 Å². The number of pyridine rings is 1. The molecule has 1 aliphatic carbocycles. The average molecular weight is 520 g/mol. The van der Waals surface area contributed by atoms with Crippen molar-refractivity contribution in [2.24, 2.45) is 0 Å². The molecule has 2 amide bonds. The number of aromatic nitrogens is 1. The summed E-state index contributed by atoms with van der Waals surface area (Å²) in [5, 5.41) is 14.4. The molecule has 0 aliphatic heterocycles. The number of para-hydroxylation sites is 1. The van der Waals surface area contributed by atoms with Gasteiger partial charge in [0.1, 0.15) is 17.4 Å². The van der Waals surface area contributed by atoms with Gasteiger partial charge >= 0.3 is 21.7 Å². The maximum absolute atomic E-state index is 13.7. The van der Waals surface area contributed by atoms with Crippen molar-refractivity contribution < 1.29 is 35.0 Å². The van der Waals surface area contributed by atoms with Gasteiger partial charge in [-0.1, -0.05) is 24.3 Å². The van der Waals surface area contributed by atoms with Crippen molar-refractivity contribution in [2.45, 2.75) is 24.3 Å². The lowest BCUT2D eigenvalue weighted by atomic mass is 9.99. The molecule has 1 aromatic heterocycles. The Balaban J connectivity index is 1.62. The standard InChI is InChI=1S/C23H16F4N4O4S/c24-18-3-1-2-4-19(18)31-22(32)29-15-9-7-13(8-10-15)16-11-20(14-5-6-14)30-21(17(16)12-28)35-36(33,34)23(25,26)27/h1-4,7-11,14H,5-6H2,(H2,29,31,32). The number of hydrogen-bond acceptors (Lipinski definition) is 6. The van der Waals surface area contributed by atoms with Crippen LogP contribution in [0, 0.1) is 17.1 Å². The lowest BCUT2D eigenvalue weighted by Crippen LogP contribution is -2.28. The van der Waals surface area contributed by atoms with Crippen molar-refractivity contribution in [2.75, 3.05) is 10.6 Å². The summed E-state index contributed by atoms with van der Waals surface area (Å²) in [5.41, 5.74) is -5.19. The molecule has 1 heterocycles. The minimum atomic E-state index is -6.05. The summed E-state index contributed by atoms with van der Waals surface area (Å²) in [6.07, 6.45) is 1.40.